The van der Waals surface area contributed by atoms with Crippen molar-refractivity contribution in [3.63, 3.8) is 0 Å². The number of rotatable bonds is 4. The number of aromatic nitrogens is 1. The van der Waals surface area contributed by atoms with E-state index in [4.69, 9.17) is 16.3 Å². The van der Waals surface area contributed by atoms with Gasteiger partial charge in [0.1, 0.15) is 11.9 Å². The molecule has 3 rings (SSSR count). The number of hydrogen-bond donors (Lipinski definition) is 1. The Balaban J connectivity index is 1.91. The highest BCUT2D eigenvalue weighted by molar-refractivity contribution is 6.30. The second kappa shape index (κ2) is 6.58. The van der Waals surface area contributed by atoms with Gasteiger partial charge in [0.2, 0.25) is 0 Å². The number of halogens is 3. The van der Waals surface area contributed by atoms with Crippen molar-refractivity contribution in [2.45, 2.75) is 12.5 Å². The van der Waals surface area contributed by atoms with Crippen LogP contribution in [0.15, 0.2) is 36.7 Å². The summed E-state index contributed by atoms with van der Waals surface area (Å²) in [6, 6.07) is 5.63. The lowest BCUT2D eigenvalue weighted by atomic mass is 9.96. The summed E-state index contributed by atoms with van der Waals surface area (Å²) >= 11 is 5.75. The average Bonchev–Trinajstić information content (AvgIpc) is 3.00. The van der Waals surface area contributed by atoms with Gasteiger partial charge in [-0.3, -0.25) is 4.98 Å². The summed E-state index contributed by atoms with van der Waals surface area (Å²) in [7, 11) is 0. The molecular formula is C16H15ClF2N2O. The first kappa shape index (κ1) is 15.2. The first-order chi connectivity index (χ1) is 10.6. The maximum Gasteiger partial charge on any atom is 0.166 e. The lowest BCUT2D eigenvalue weighted by Crippen LogP contribution is -2.22. The van der Waals surface area contributed by atoms with Crippen molar-refractivity contribution >= 4 is 11.6 Å². The Hall–Kier alpha value is -1.72. The van der Waals surface area contributed by atoms with Crippen LogP contribution in [0.5, 0.6) is 5.75 Å². The van der Waals surface area contributed by atoms with Gasteiger partial charge in [-0.1, -0.05) is 11.6 Å². The number of benzene rings is 1. The van der Waals surface area contributed by atoms with Crippen LogP contribution in [0.2, 0.25) is 5.02 Å². The van der Waals surface area contributed by atoms with Gasteiger partial charge < -0.3 is 10.1 Å². The molecule has 3 nitrogen and oxygen atoms in total. The molecule has 116 valence electrons. The number of pyridine rings is 1. The summed E-state index contributed by atoms with van der Waals surface area (Å²) in [5, 5.41) is 3.54. The van der Waals surface area contributed by atoms with E-state index < -0.39 is 17.7 Å². The molecule has 1 N–H and O–H groups in total. The summed E-state index contributed by atoms with van der Waals surface area (Å²) in [5.41, 5.74) is 0.600. The molecule has 0 amide bonds. The van der Waals surface area contributed by atoms with E-state index in [9.17, 15) is 8.78 Å². The predicted octanol–water partition coefficient (Wildman–Crippen LogP) is 3.74. The van der Waals surface area contributed by atoms with E-state index in [-0.39, 0.29) is 11.7 Å². The van der Waals surface area contributed by atoms with Gasteiger partial charge in [0, 0.05) is 29.2 Å². The van der Waals surface area contributed by atoms with E-state index in [2.05, 4.69) is 10.3 Å². The van der Waals surface area contributed by atoms with Crippen LogP contribution in [0.3, 0.4) is 0 Å². The summed E-state index contributed by atoms with van der Waals surface area (Å²) in [5.74, 6) is -0.745. The SMILES string of the molecule is Fc1cncc([C@H](Oc2ccc(Cl)cc2F)[C@H]2CCNC2)c1. The van der Waals surface area contributed by atoms with Crippen molar-refractivity contribution in [2.75, 3.05) is 13.1 Å². The molecule has 1 aromatic carbocycles. The number of ether oxygens (including phenoxy) is 1. The molecule has 1 fully saturated rings. The minimum absolute atomic E-state index is 0.102. The van der Waals surface area contributed by atoms with Crippen LogP contribution >= 0.6 is 11.6 Å². The Kier molecular flexibility index (Phi) is 4.55. The van der Waals surface area contributed by atoms with Crippen LogP contribution < -0.4 is 10.1 Å². The van der Waals surface area contributed by atoms with Gasteiger partial charge in [-0.2, -0.15) is 0 Å². The molecule has 22 heavy (non-hydrogen) atoms. The number of hydrogen-bond acceptors (Lipinski definition) is 3. The van der Waals surface area contributed by atoms with E-state index in [0.29, 0.717) is 10.6 Å². The molecule has 0 saturated carbocycles. The topological polar surface area (TPSA) is 34.1 Å². The minimum Gasteiger partial charge on any atom is -0.482 e. The van der Waals surface area contributed by atoms with Crippen LogP contribution in [0, 0.1) is 17.6 Å². The molecular weight excluding hydrogens is 310 g/mol. The normalized spacial score (nSPS) is 19.1. The van der Waals surface area contributed by atoms with Gasteiger partial charge >= 0.3 is 0 Å². The van der Waals surface area contributed by atoms with E-state index in [1.165, 1.54) is 18.2 Å². The largest absolute Gasteiger partial charge is 0.482 e. The first-order valence-corrected chi connectivity index (χ1v) is 7.44. The fourth-order valence-electron chi connectivity index (χ4n) is 2.66. The van der Waals surface area contributed by atoms with Crippen LogP contribution in [0.4, 0.5) is 8.78 Å². The van der Waals surface area contributed by atoms with E-state index in [1.807, 2.05) is 0 Å². The summed E-state index contributed by atoms with van der Waals surface area (Å²) in [6.07, 6.45) is 3.10. The fraction of sp³-hybridized carbons (Fsp3) is 0.312. The molecule has 6 heteroatoms. The Morgan fingerprint density at radius 2 is 2.14 bits per heavy atom. The summed E-state index contributed by atoms with van der Waals surface area (Å²) in [6.45, 7) is 1.59. The zero-order chi connectivity index (χ0) is 15.5. The van der Waals surface area contributed by atoms with Gasteiger partial charge in [-0.15, -0.1) is 0 Å². The standard InChI is InChI=1S/C16H15ClF2N2O/c17-12-1-2-15(14(19)6-12)22-16(10-3-4-20-7-10)11-5-13(18)9-21-8-11/h1-2,5-6,8-10,16,20H,3-4,7H2/t10-,16+/m0/s1. The van der Waals surface area contributed by atoms with E-state index in [1.54, 1.807) is 12.3 Å². The lowest BCUT2D eigenvalue weighted by Gasteiger charge is -2.25. The molecule has 0 unspecified atom stereocenters. The second-order valence-electron chi connectivity index (χ2n) is 5.30. The van der Waals surface area contributed by atoms with Crippen LogP contribution in [0.25, 0.3) is 0 Å². The highest BCUT2D eigenvalue weighted by atomic mass is 35.5. The zero-order valence-corrected chi connectivity index (χ0v) is 12.5. The molecule has 1 saturated heterocycles. The molecule has 1 aliphatic heterocycles. The lowest BCUT2D eigenvalue weighted by molar-refractivity contribution is 0.137. The van der Waals surface area contributed by atoms with Crippen molar-refractivity contribution in [1.29, 1.82) is 0 Å². The van der Waals surface area contributed by atoms with Gasteiger partial charge in [0.05, 0.1) is 6.20 Å². The van der Waals surface area contributed by atoms with Crippen LogP contribution in [0.1, 0.15) is 18.1 Å². The minimum atomic E-state index is -0.534. The van der Waals surface area contributed by atoms with E-state index in [0.717, 1.165) is 25.7 Å². The Labute approximate surface area is 132 Å². The maximum atomic E-state index is 14.0. The van der Waals surface area contributed by atoms with Crippen molar-refractivity contribution < 1.29 is 13.5 Å². The quantitative estimate of drug-likeness (QED) is 0.930. The molecule has 2 aromatic rings. The number of nitrogens with zero attached hydrogens (tertiary/aromatic N) is 1. The fourth-order valence-corrected chi connectivity index (χ4v) is 2.82. The maximum absolute atomic E-state index is 14.0. The molecule has 2 atom stereocenters. The molecule has 0 spiro atoms. The van der Waals surface area contributed by atoms with Crippen molar-refractivity contribution in [3.8, 4) is 5.75 Å². The highest BCUT2D eigenvalue weighted by Gasteiger charge is 2.29. The second-order valence-corrected chi connectivity index (χ2v) is 5.74. The average molecular weight is 325 g/mol. The van der Waals surface area contributed by atoms with Gasteiger partial charge in [-0.25, -0.2) is 8.78 Å². The first-order valence-electron chi connectivity index (χ1n) is 7.06. The molecule has 0 radical (unpaired) electrons. The zero-order valence-electron chi connectivity index (χ0n) is 11.7. The smallest absolute Gasteiger partial charge is 0.166 e. The van der Waals surface area contributed by atoms with Crippen LogP contribution in [-0.4, -0.2) is 18.1 Å². The predicted molar refractivity (Wildman–Crippen MR) is 80.0 cm³/mol. The van der Waals surface area contributed by atoms with Crippen molar-refractivity contribution in [1.82, 2.24) is 10.3 Å². The number of nitrogens with one attached hydrogen (secondary N) is 1. The highest BCUT2D eigenvalue weighted by Crippen LogP contribution is 2.33. The molecule has 1 aromatic heterocycles. The van der Waals surface area contributed by atoms with Gasteiger partial charge in [0.15, 0.2) is 11.6 Å². The summed E-state index contributed by atoms with van der Waals surface area (Å²) < 4.78 is 33.3. The molecule has 1 aliphatic rings. The Bertz CT molecular complexity index is 662. The van der Waals surface area contributed by atoms with Gasteiger partial charge in [0.25, 0.3) is 0 Å². The van der Waals surface area contributed by atoms with Crippen LogP contribution in [-0.2, 0) is 0 Å². The molecule has 0 bridgehead atoms. The molecule has 0 aliphatic carbocycles. The summed E-state index contributed by atoms with van der Waals surface area (Å²) in [4.78, 5) is 3.86. The Morgan fingerprint density at radius 1 is 1.27 bits per heavy atom. The van der Waals surface area contributed by atoms with E-state index >= 15 is 0 Å². The van der Waals surface area contributed by atoms with Gasteiger partial charge in [-0.05, 0) is 37.2 Å². The third kappa shape index (κ3) is 3.36. The Morgan fingerprint density at radius 3 is 2.82 bits per heavy atom. The third-order valence-corrected chi connectivity index (χ3v) is 3.96. The third-order valence-electron chi connectivity index (χ3n) is 3.73. The monoisotopic (exact) mass is 324 g/mol. The molecule has 2 heterocycles. The van der Waals surface area contributed by atoms with Crippen molar-refractivity contribution in [2.24, 2.45) is 5.92 Å². The van der Waals surface area contributed by atoms with Crippen molar-refractivity contribution in [3.05, 3.63) is 58.9 Å².